The zero-order chi connectivity index (χ0) is 13.1. The number of anilines is 2. The Morgan fingerprint density at radius 3 is 2.33 bits per heavy atom. The van der Waals surface area contributed by atoms with E-state index in [2.05, 4.69) is 23.0 Å². The van der Waals surface area contributed by atoms with Gasteiger partial charge in [-0.2, -0.15) is 0 Å². The molecule has 0 aliphatic carbocycles. The molecule has 0 aliphatic rings. The molecule has 94 valence electrons. The van der Waals surface area contributed by atoms with Crippen LogP contribution < -0.4 is 10.6 Å². The van der Waals surface area contributed by atoms with Crippen molar-refractivity contribution in [3.63, 3.8) is 0 Å². The molecular formula is C14H18N4. The van der Waals surface area contributed by atoms with Gasteiger partial charge in [-0.3, -0.25) is 0 Å². The Balaban J connectivity index is 2.36. The van der Waals surface area contributed by atoms with Crippen molar-refractivity contribution in [2.75, 3.05) is 24.7 Å². The fourth-order valence-electron chi connectivity index (χ4n) is 1.79. The number of hydrogen-bond donors (Lipinski definition) is 1. The first kappa shape index (κ1) is 12.4. The predicted octanol–water partition coefficient (Wildman–Crippen LogP) is 2.35. The van der Waals surface area contributed by atoms with Gasteiger partial charge in [-0.15, -0.1) is 0 Å². The van der Waals surface area contributed by atoms with E-state index in [9.17, 15) is 0 Å². The number of aromatic nitrogens is 2. The average molecular weight is 242 g/mol. The number of hydrogen-bond acceptors (Lipinski definition) is 4. The molecule has 0 unspecified atom stereocenters. The molecule has 0 saturated carbocycles. The smallest absolute Gasteiger partial charge is 0.224 e. The highest BCUT2D eigenvalue weighted by Gasteiger charge is 2.04. The molecule has 4 nitrogen and oxygen atoms in total. The van der Waals surface area contributed by atoms with Crippen LogP contribution in [0.5, 0.6) is 0 Å². The highest BCUT2D eigenvalue weighted by molar-refractivity contribution is 5.66. The lowest BCUT2D eigenvalue weighted by molar-refractivity contribution is 1.000. The van der Waals surface area contributed by atoms with Crippen molar-refractivity contribution in [1.29, 1.82) is 0 Å². The lowest BCUT2D eigenvalue weighted by atomic mass is 10.0. The standard InChI is InChI=1S/C14H18N4/c1-4-10-7-11(5-6-13(10)15)12-8-16-14(17-9-12)18(2)3/h5-9H,4,15H2,1-3H3. The molecule has 18 heavy (non-hydrogen) atoms. The Morgan fingerprint density at radius 2 is 1.78 bits per heavy atom. The molecule has 1 heterocycles. The summed E-state index contributed by atoms with van der Waals surface area (Å²) in [6, 6.07) is 6.04. The first-order valence-electron chi connectivity index (χ1n) is 6.00. The summed E-state index contributed by atoms with van der Waals surface area (Å²) in [6.07, 6.45) is 4.61. The Hall–Kier alpha value is -2.10. The zero-order valence-electron chi connectivity index (χ0n) is 11.0. The van der Waals surface area contributed by atoms with E-state index in [0.29, 0.717) is 5.95 Å². The van der Waals surface area contributed by atoms with E-state index in [0.717, 1.165) is 28.8 Å². The van der Waals surface area contributed by atoms with Gasteiger partial charge in [0.1, 0.15) is 0 Å². The van der Waals surface area contributed by atoms with Crippen LogP contribution >= 0.6 is 0 Å². The van der Waals surface area contributed by atoms with E-state index in [1.54, 1.807) is 0 Å². The molecular weight excluding hydrogens is 224 g/mol. The molecule has 0 amide bonds. The van der Waals surface area contributed by atoms with E-state index in [4.69, 9.17) is 5.73 Å². The predicted molar refractivity (Wildman–Crippen MR) is 75.6 cm³/mol. The third-order valence-corrected chi connectivity index (χ3v) is 2.90. The number of aryl methyl sites for hydroxylation is 1. The summed E-state index contributed by atoms with van der Waals surface area (Å²) < 4.78 is 0. The van der Waals surface area contributed by atoms with Crippen LogP contribution in [0.25, 0.3) is 11.1 Å². The van der Waals surface area contributed by atoms with Crippen LogP contribution in [0.3, 0.4) is 0 Å². The summed E-state index contributed by atoms with van der Waals surface area (Å²) >= 11 is 0. The third kappa shape index (κ3) is 2.42. The molecule has 2 N–H and O–H groups in total. The number of benzene rings is 1. The van der Waals surface area contributed by atoms with Crippen LogP contribution in [-0.4, -0.2) is 24.1 Å². The molecule has 4 heteroatoms. The van der Waals surface area contributed by atoms with Crippen molar-refractivity contribution >= 4 is 11.6 Å². The SMILES string of the molecule is CCc1cc(-c2cnc(N(C)C)nc2)ccc1N. The molecule has 0 radical (unpaired) electrons. The van der Waals surface area contributed by atoms with Crippen molar-refractivity contribution in [2.45, 2.75) is 13.3 Å². The minimum atomic E-state index is 0.713. The van der Waals surface area contributed by atoms with Gasteiger partial charge in [0.25, 0.3) is 0 Å². The normalized spacial score (nSPS) is 10.4. The Labute approximate surface area is 107 Å². The fraction of sp³-hybridized carbons (Fsp3) is 0.286. The highest BCUT2D eigenvalue weighted by atomic mass is 15.2. The zero-order valence-corrected chi connectivity index (χ0v) is 11.0. The molecule has 2 aromatic rings. The Morgan fingerprint density at radius 1 is 1.11 bits per heavy atom. The van der Waals surface area contributed by atoms with Gasteiger partial charge in [0.15, 0.2) is 0 Å². The van der Waals surface area contributed by atoms with Gasteiger partial charge in [0.05, 0.1) is 0 Å². The van der Waals surface area contributed by atoms with Crippen LogP contribution in [0, 0.1) is 0 Å². The maximum absolute atomic E-state index is 5.90. The Bertz CT molecular complexity index is 532. The monoisotopic (exact) mass is 242 g/mol. The summed E-state index contributed by atoms with van der Waals surface area (Å²) in [5, 5.41) is 0. The largest absolute Gasteiger partial charge is 0.399 e. The summed E-state index contributed by atoms with van der Waals surface area (Å²) in [4.78, 5) is 10.5. The van der Waals surface area contributed by atoms with Gasteiger partial charge in [0, 0.05) is 37.7 Å². The number of nitrogens with zero attached hydrogens (tertiary/aromatic N) is 3. The topological polar surface area (TPSA) is 55.0 Å². The van der Waals surface area contributed by atoms with Crippen LogP contribution in [0.15, 0.2) is 30.6 Å². The van der Waals surface area contributed by atoms with Crippen LogP contribution in [0.1, 0.15) is 12.5 Å². The van der Waals surface area contributed by atoms with Crippen molar-refractivity contribution < 1.29 is 0 Å². The van der Waals surface area contributed by atoms with E-state index < -0.39 is 0 Å². The van der Waals surface area contributed by atoms with Gasteiger partial charge in [0.2, 0.25) is 5.95 Å². The Kier molecular flexibility index (Phi) is 3.46. The lowest BCUT2D eigenvalue weighted by Gasteiger charge is -2.10. The van der Waals surface area contributed by atoms with Crippen molar-refractivity contribution in [3.8, 4) is 11.1 Å². The first-order valence-corrected chi connectivity index (χ1v) is 6.00. The van der Waals surface area contributed by atoms with Crippen LogP contribution in [-0.2, 0) is 6.42 Å². The van der Waals surface area contributed by atoms with Crippen molar-refractivity contribution in [1.82, 2.24) is 9.97 Å². The van der Waals surface area contributed by atoms with Gasteiger partial charge in [-0.05, 0) is 29.7 Å². The summed E-state index contributed by atoms with van der Waals surface area (Å²) in [6.45, 7) is 2.10. The molecule has 0 bridgehead atoms. The number of rotatable bonds is 3. The molecule has 0 spiro atoms. The van der Waals surface area contributed by atoms with Gasteiger partial charge in [-0.1, -0.05) is 13.0 Å². The maximum Gasteiger partial charge on any atom is 0.224 e. The van der Waals surface area contributed by atoms with Crippen LogP contribution in [0.2, 0.25) is 0 Å². The lowest BCUT2D eigenvalue weighted by Crippen LogP contribution is -2.12. The highest BCUT2D eigenvalue weighted by Crippen LogP contribution is 2.23. The van der Waals surface area contributed by atoms with E-state index in [1.807, 2.05) is 43.5 Å². The molecule has 0 saturated heterocycles. The molecule has 1 aromatic heterocycles. The van der Waals surface area contributed by atoms with Crippen molar-refractivity contribution in [3.05, 3.63) is 36.2 Å². The van der Waals surface area contributed by atoms with Gasteiger partial charge < -0.3 is 10.6 Å². The average Bonchev–Trinajstić information content (AvgIpc) is 2.39. The second-order valence-electron chi connectivity index (χ2n) is 4.43. The minimum absolute atomic E-state index is 0.713. The van der Waals surface area contributed by atoms with Crippen molar-refractivity contribution in [2.24, 2.45) is 0 Å². The van der Waals surface area contributed by atoms with Gasteiger partial charge >= 0.3 is 0 Å². The van der Waals surface area contributed by atoms with E-state index >= 15 is 0 Å². The molecule has 0 aliphatic heterocycles. The molecule has 0 atom stereocenters. The number of nitrogen functional groups attached to an aromatic ring is 1. The summed E-state index contributed by atoms with van der Waals surface area (Å²) in [5.74, 6) is 0.713. The van der Waals surface area contributed by atoms with E-state index in [1.165, 1.54) is 0 Å². The first-order chi connectivity index (χ1) is 8.61. The second kappa shape index (κ2) is 5.04. The van der Waals surface area contributed by atoms with Crippen LogP contribution in [0.4, 0.5) is 11.6 Å². The fourth-order valence-corrected chi connectivity index (χ4v) is 1.79. The van der Waals surface area contributed by atoms with Gasteiger partial charge in [-0.25, -0.2) is 9.97 Å². The summed E-state index contributed by atoms with van der Waals surface area (Å²) in [5.41, 5.74) is 10.0. The second-order valence-corrected chi connectivity index (χ2v) is 4.43. The van der Waals surface area contributed by atoms with E-state index in [-0.39, 0.29) is 0 Å². The summed E-state index contributed by atoms with van der Waals surface area (Å²) in [7, 11) is 3.85. The molecule has 0 fully saturated rings. The number of nitrogens with two attached hydrogens (primary N) is 1. The molecule has 2 rings (SSSR count). The third-order valence-electron chi connectivity index (χ3n) is 2.90. The quantitative estimate of drug-likeness (QED) is 0.839. The maximum atomic E-state index is 5.90. The molecule has 1 aromatic carbocycles. The minimum Gasteiger partial charge on any atom is -0.399 e.